The fraction of sp³-hybridized carbons (Fsp3) is 1.00. The first-order chi connectivity index (χ1) is 4.84. The average Bonchev–Trinajstić information content (AvgIpc) is 2.31. The van der Waals surface area contributed by atoms with Crippen molar-refractivity contribution in [2.75, 3.05) is 13.2 Å². The van der Waals surface area contributed by atoms with E-state index in [9.17, 15) is 0 Å². The van der Waals surface area contributed by atoms with Crippen molar-refractivity contribution in [3.63, 3.8) is 0 Å². The summed E-state index contributed by atoms with van der Waals surface area (Å²) in [4.78, 5) is 0. The summed E-state index contributed by atoms with van der Waals surface area (Å²) in [6, 6.07) is 0. The summed E-state index contributed by atoms with van der Waals surface area (Å²) in [6.07, 6.45) is 3.72. The minimum atomic E-state index is 0.381. The zero-order valence-electron chi connectivity index (χ0n) is 6.48. The van der Waals surface area contributed by atoms with E-state index in [4.69, 9.17) is 16.3 Å². The largest absolute Gasteiger partial charge is 0.381 e. The zero-order chi connectivity index (χ0) is 7.40. The molecule has 0 saturated heterocycles. The van der Waals surface area contributed by atoms with E-state index in [1.165, 1.54) is 19.3 Å². The molecular formula is C8H15ClO. The van der Waals surface area contributed by atoms with Gasteiger partial charge in [-0.05, 0) is 25.7 Å². The Balaban J connectivity index is 2.14. The molecule has 1 fully saturated rings. The number of hydrogen-bond donors (Lipinski definition) is 0. The van der Waals surface area contributed by atoms with Gasteiger partial charge in [0.1, 0.15) is 0 Å². The monoisotopic (exact) mass is 162 g/mol. The third kappa shape index (κ3) is 2.14. The van der Waals surface area contributed by atoms with Crippen LogP contribution in [0.3, 0.4) is 0 Å². The van der Waals surface area contributed by atoms with E-state index in [0.717, 1.165) is 13.2 Å². The Labute approximate surface area is 67.7 Å². The molecule has 2 heteroatoms. The molecule has 2 unspecified atom stereocenters. The number of ether oxygens (including phenoxy) is 1. The van der Waals surface area contributed by atoms with Gasteiger partial charge in [0, 0.05) is 12.0 Å². The van der Waals surface area contributed by atoms with Crippen molar-refractivity contribution in [3.05, 3.63) is 0 Å². The van der Waals surface area contributed by atoms with Crippen LogP contribution in [0.15, 0.2) is 0 Å². The normalized spacial score (nSPS) is 33.0. The van der Waals surface area contributed by atoms with Gasteiger partial charge in [-0.25, -0.2) is 0 Å². The topological polar surface area (TPSA) is 9.23 Å². The predicted molar refractivity (Wildman–Crippen MR) is 43.5 cm³/mol. The second kappa shape index (κ2) is 4.20. The smallest absolute Gasteiger partial charge is 0.0508 e. The van der Waals surface area contributed by atoms with Crippen LogP contribution in [0.25, 0.3) is 0 Å². The predicted octanol–water partition coefficient (Wildman–Crippen LogP) is 2.43. The molecule has 1 nitrogen and oxygen atoms in total. The maximum atomic E-state index is 6.03. The van der Waals surface area contributed by atoms with Crippen molar-refractivity contribution < 1.29 is 4.74 Å². The van der Waals surface area contributed by atoms with Gasteiger partial charge >= 0.3 is 0 Å². The van der Waals surface area contributed by atoms with Crippen molar-refractivity contribution >= 4 is 11.6 Å². The van der Waals surface area contributed by atoms with Gasteiger partial charge in [-0.3, -0.25) is 0 Å². The van der Waals surface area contributed by atoms with Gasteiger partial charge in [0.2, 0.25) is 0 Å². The zero-order valence-corrected chi connectivity index (χ0v) is 7.23. The SMILES string of the molecule is CCOCC1CCCC1Cl. The first kappa shape index (κ1) is 8.35. The van der Waals surface area contributed by atoms with Crippen LogP contribution in [0, 0.1) is 5.92 Å². The van der Waals surface area contributed by atoms with E-state index >= 15 is 0 Å². The van der Waals surface area contributed by atoms with Crippen molar-refractivity contribution in [2.45, 2.75) is 31.6 Å². The molecule has 0 aromatic heterocycles. The highest BCUT2D eigenvalue weighted by molar-refractivity contribution is 6.20. The Morgan fingerprint density at radius 3 is 2.80 bits per heavy atom. The van der Waals surface area contributed by atoms with Crippen LogP contribution in [-0.4, -0.2) is 18.6 Å². The minimum absolute atomic E-state index is 0.381. The highest BCUT2D eigenvalue weighted by atomic mass is 35.5. The summed E-state index contributed by atoms with van der Waals surface area (Å²) < 4.78 is 5.30. The summed E-state index contributed by atoms with van der Waals surface area (Å²) in [5, 5.41) is 0.381. The molecule has 2 atom stereocenters. The molecule has 0 N–H and O–H groups in total. The lowest BCUT2D eigenvalue weighted by Crippen LogP contribution is -2.14. The van der Waals surface area contributed by atoms with E-state index < -0.39 is 0 Å². The second-order valence-corrected chi connectivity index (χ2v) is 3.43. The van der Waals surface area contributed by atoms with Crippen LogP contribution in [0.2, 0.25) is 0 Å². The summed E-state index contributed by atoms with van der Waals surface area (Å²) in [6.45, 7) is 3.71. The van der Waals surface area contributed by atoms with E-state index in [0.29, 0.717) is 11.3 Å². The Morgan fingerprint density at radius 2 is 2.30 bits per heavy atom. The Hall–Kier alpha value is 0.250. The fourth-order valence-corrected chi connectivity index (χ4v) is 1.80. The Kier molecular flexibility index (Phi) is 3.50. The second-order valence-electron chi connectivity index (χ2n) is 2.87. The van der Waals surface area contributed by atoms with Gasteiger partial charge in [-0.2, -0.15) is 0 Å². The number of hydrogen-bond acceptors (Lipinski definition) is 1. The summed E-state index contributed by atoms with van der Waals surface area (Å²) in [7, 11) is 0. The van der Waals surface area contributed by atoms with Crippen molar-refractivity contribution in [1.82, 2.24) is 0 Å². The molecule has 0 bridgehead atoms. The van der Waals surface area contributed by atoms with Crippen molar-refractivity contribution in [1.29, 1.82) is 0 Å². The van der Waals surface area contributed by atoms with Crippen LogP contribution < -0.4 is 0 Å². The molecule has 0 aromatic rings. The lowest BCUT2D eigenvalue weighted by atomic mass is 10.1. The summed E-state index contributed by atoms with van der Waals surface area (Å²) >= 11 is 6.03. The van der Waals surface area contributed by atoms with Gasteiger partial charge in [0.05, 0.1) is 6.61 Å². The third-order valence-corrected chi connectivity index (χ3v) is 2.68. The molecule has 0 amide bonds. The molecular weight excluding hydrogens is 148 g/mol. The van der Waals surface area contributed by atoms with Crippen LogP contribution in [0.5, 0.6) is 0 Å². The van der Waals surface area contributed by atoms with Gasteiger partial charge in [-0.1, -0.05) is 6.42 Å². The van der Waals surface area contributed by atoms with Gasteiger partial charge in [0.25, 0.3) is 0 Å². The lowest BCUT2D eigenvalue weighted by molar-refractivity contribution is 0.113. The number of halogens is 1. The van der Waals surface area contributed by atoms with E-state index in [-0.39, 0.29) is 0 Å². The van der Waals surface area contributed by atoms with Crippen LogP contribution in [-0.2, 0) is 4.74 Å². The maximum absolute atomic E-state index is 6.03. The molecule has 60 valence electrons. The first-order valence-corrected chi connectivity index (χ1v) is 4.50. The van der Waals surface area contributed by atoms with E-state index in [2.05, 4.69) is 0 Å². The van der Waals surface area contributed by atoms with Crippen molar-refractivity contribution in [2.24, 2.45) is 5.92 Å². The third-order valence-electron chi connectivity index (χ3n) is 2.10. The number of alkyl halides is 1. The quantitative estimate of drug-likeness (QED) is 0.580. The molecule has 0 heterocycles. The van der Waals surface area contributed by atoms with Gasteiger partial charge in [-0.15, -0.1) is 11.6 Å². The Morgan fingerprint density at radius 1 is 1.50 bits per heavy atom. The molecule has 1 rings (SSSR count). The van der Waals surface area contributed by atoms with Crippen LogP contribution in [0.4, 0.5) is 0 Å². The highest BCUT2D eigenvalue weighted by Crippen LogP contribution is 2.29. The molecule has 10 heavy (non-hydrogen) atoms. The maximum Gasteiger partial charge on any atom is 0.0508 e. The average molecular weight is 163 g/mol. The molecule has 0 aliphatic heterocycles. The van der Waals surface area contributed by atoms with Crippen LogP contribution in [0.1, 0.15) is 26.2 Å². The fourth-order valence-electron chi connectivity index (χ4n) is 1.45. The number of rotatable bonds is 3. The molecule has 0 aromatic carbocycles. The van der Waals surface area contributed by atoms with E-state index in [1.54, 1.807) is 0 Å². The Bertz CT molecular complexity index is 95.3. The first-order valence-electron chi connectivity index (χ1n) is 4.06. The molecule has 1 aliphatic carbocycles. The molecule has 0 spiro atoms. The highest BCUT2D eigenvalue weighted by Gasteiger charge is 2.24. The van der Waals surface area contributed by atoms with Gasteiger partial charge < -0.3 is 4.74 Å². The summed E-state index contributed by atoms with van der Waals surface area (Å²) in [5.74, 6) is 0.626. The van der Waals surface area contributed by atoms with E-state index in [1.807, 2.05) is 6.92 Å². The molecule has 1 saturated carbocycles. The molecule has 1 aliphatic rings. The van der Waals surface area contributed by atoms with Crippen molar-refractivity contribution in [3.8, 4) is 0 Å². The standard InChI is InChI=1S/C8H15ClO/c1-2-10-6-7-4-3-5-8(7)9/h7-8H,2-6H2,1H3. The van der Waals surface area contributed by atoms with Crippen LogP contribution >= 0.6 is 11.6 Å². The van der Waals surface area contributed by atoms with Gasteiger partial charge in [0.15, 0.2) is 0 Å². The summed E-state index contributed by atoms with van der Waals surface area (Å²) in [5.41, 5.74) is 0. The molecule has 0 radical (unpaired) electrons. The minimum Gasteiger partial charge on any atom is -0.381 e. The lowest BCUT2D eigenvalue weighted by Gasteiger charge is -2.12.